The predicted molar refractivity (Wildman–Crippen MR) is 63.0 cm³/mol. The van der Waals surface area contributed by atoms with Gasteiger partial charge in [-0.15, -0.1) is 0 Å². The summed E-state index contributed by atoms with van der Waals surface area (Å²) in [6, 6.07) is 0.577. The molecule has 2 unspecified atom stereocenters. The zero-order chi connectivity index (χ0) is 10.4. The molecule has 0 radical (unpaired) electrons. The fourth-order valence-electron chi connectivity index (χ4n) is 1.32. The minimum absolute atomic E-state index is 0.507. The second-order valence-corrected chi connectivity index (χ2v) is 4.97. The number of hydrogen-bond donors (Lipinski definition) is 1. The molecule has 0 saturated carbocycles. The fraction of sp³-hybridized carbons (Fsp3) is 0.900. The lowest BCUT2D eigenvalue weighted by molar-refractivity contribution is 0.163. The summed E-state index contributed by atoms with van der Waals surface area (Å²) in [5.41, 5.74) is 0. The minimum Gasteiger partial charge on any atom is -0.384 e. The molecule has 14 heavy (non-hydrogen) atoms. The highest BCUT2D eigenvalue weighted by molar-refractivity contribution is 8.13. The van der Waals surface area contributed by atoms with Crippen LogP contribution in [0.3, 0.4) is 0 Å². The number of nitrogens with one attached hydrogen (secondary N) is 1. The van der Waals surface area contributed by atoms with Crippen molar-refractivity contribution in [1.82, 2.24) is 5.32 Å². The molecule has 0 bridgehead atoms. The Morgan fingerprint density at radius 3 is 3.14 bits per heavy atom. The maximum Gasteiger partial charge on any atom is 0.156 e. The van der Waals surface area contributed by atoms with Gasteiger partial charge in [-0.05, 0) is 19.3 Å². The normalized spacial score (nSPS) is 27.4. The van der Waals surface area contributed by atoms with Crippen molar-refractivity contribution in [2.24, 2.45) is 10.9 Å². The van der Waals surface area contributed by atoms with Gasteiger partial charge in [0.1, 0.15) is 0 Å². The average Bonchev–Trinajstić information content (AvgIpc) is 2.15. The van der Waals surface area contributed by atoms with E-state index in [1.807, 2.05) is 11.8 Å². The van der Waals surface area contributed by atoms with Crippen LogP contribution in [-0.4, -0.2) is 37.2 Å². The summed E-state index contributed by atoms with van der Waals surface area (Å²) in [6.07, 6.45) is 1.23. The lowest BCUT2D eigenvalue weighted by Gasteiger charge is -2.22. The SMILES string of the molecule is COCC(C)CN=C1NC(C)CCS1. The molecule has 0 aliphatic carbocycles. The Hall–Kier alpha value is -0.220. The zero-order valence-corrected chi connectivity index (χ0v) is 10.1. The maximum absolute atomic E-state index is 5.07. The summed E-state index contributed by atoms with van der Waals surface area (Å²) in [4.78, 5) is 4.54. The Balaban J connectivity index is 2.28. The molecule has 0 aromatic rings. The highest BCUT2D eigenvalue weighted by atomic mass is 32.2. The van der Waals surface area contributed by atoms with Crippen LogP contribution in [0, 0.1) is 5.92 Å². The van der Waals surface area contributed by atoms with Crippen molar-refractivity contribution in [2.45, 2.75) is 26.3 Å². The van der Waals surface area contributed by atoms with Gasteiger partial charge < -0.3 is 10.1 Å². The Bertz CT molecular complexity index is 197. The van der Waals surface area contributed by atoms with E-state index in [1.54, 1.807) is 7.11 Å². The summed E-state index contributed by atoms with van der Waals surface area (Å²) in [5.74, 6) is 1.69. The van der Waals surface area contributed by atoms with Crippen LogP contribution in [0.4, 0.5) is 0 Å². The molecule has 82 valence electrons. The van der Waals surface area contributed by atoms with Crippen LogP contribution in [-0.2, 0) is 4.74 Å². The summed E-state index contributed by atoms with van der Waals surface area (Å²) < 4.78 is 5.07. The van der Waals surface area contributed by atoms with Crippen LogP contribution in [0.25, 0.3) is 0 Å². The fourth-order valence-corrected chi connectivity index (χ4v) is 2.44. The van der Waals surface area contributed by atoms with E-state index in [9.17, 15) is 0 Å². The number of ether oxygens (including phenoxy) is 1. The summed E-state index contributed by atoms with van der Waals surface area (Å²) in [5, 5.41) is 4.49. The van der Waals surface area contributed by atoms with Crippen LogP contribution in [0.1, 0.15) is 20.3 Å². The Morgan fingerprint density at radius 1 is 1.71 bits per heavy atom. The van der Waals surface area contributed by atoms with E-state index in [2.05, 4.69) is 24.2 Å². The quantitative estimate of drug-likeness (QED) is 0.777. The van der Waals surface area contributed by atoms with Gasteiger partial charge in [-0.1, -0.05) is 18.7 Å². The molecule has 4 heteroatoms. The highest BCUT2D eigenvalue weighted by Gasteiger charge is 2.12. The molecule has 1 aliphatic rings. The first-order valence-electron chi connectivity index (χ1n) is 5.15. The third kappa shape index (κ3) is 4.33. The van der Waals surface area contributed by atoms with E-state index < -0.39 is 0 Å². The van der Waals surface area contributed by atoms with Crippen LogP contribution in [0.2, 0.25) is 0 Å². The largest absolute Gasteiger partial charge is 0.384 e. The van der Waals surface area contributed by atoms with Crippen LogP contribution < -0.4 is 5.32 Å². The van der Waals surface area contributed by atoms with Crippen LogP contribution in [0.15, 0.2) is 4.99 Å². The number of hydrogen-bond acceptors (Lipinski definition) is 3. The number of aliphatic imine (C=N–C) groups is 1. The molecule has 1 fully saturated rings. The lowest BCUT2D eigenvalue weighted by atomic mass is 10.2. The van der Waals surface area contributed by atoms with E-state index in [0.29, 0.717) is 12.0 Å². The van der Waals surface area contributed by atoms with Gasteiger partial charge >= 0.3 is 0 Å². The monoisotopic (exact) mass is 216 g/mol. The van der Waals surface area contributed by atoms with Gasteiger partial charge in [0.25, 0.3) is 0 Å². The summed E-state index contributed by atoms with van der Waals surface area (Å²) in [7, 11) is 1.74. The smallest absolute Gasteiger partial charge is 0.156 e. The standard InChI is InChI=1S/C10H20N2OS/c1-8(7-13-3)6-11-10-12-9(2)4-5-14-10/h8-9H,4-7H2,1-3H3,(H,11,12). The van der Waals surface area contributed by atoms with Crippen molar-refractivity contribution >= 4 is 16.9 Å². The molecule has 3 nitrogen and oxygen atoms in total. The number of thioether (sulfide) groups is 1. The van der Waals surface area contributed by atoms with E-state index in [0.717, 1.165) is 18.3 Å². The molecular weight excluding hydrogens is 196 g/mol. The Morgan fingerprint density at radius 2 is 2.50 bits per heavy atom. The highest BCUT2D eigenvalue weighted by Crippen LogP contribution is 2.13. The van der Waals surface area contributed by atoms with Gasteiger partial charge in [0.15, 0.2) is 5.17 Å². The summed E-state index contributed by atoms with van der Waals surface area (Å²) >= 11 is 1.83. The van der Waals surface area contributed by atoms with Gasteiger partial charge in [0, 0.05) is 25.4 Å². The minimum atomic E-state index is 0.507. The summed E-state index contributed by atoms with van der Waals surface area (Å²) in [6.45, 7) is 6.01. The van der Waals surface area contributed by atoms with E-state index in [-0.39, 0.29) is 0 Å². The average molecular weight is 216 g/mol. The molecule has 2 atom stereocenters. The van der Waals surface area contributed by atoms with E-state index in [1.165, 1.54) is 12.2 Å². The maximum atomic E-state index is 5.07. The third-order valence-electron chi connectivity index (χ3n) is 2.16. The first-order chi connectivity index (χ1) is 6.72. The van der Waals surface area contributed by atoms with Gasteiger partial charge in [-0.25, -0.2) is 0 Å². The van der Waals surface area contributed by atoms with Crippen molar-refractivity contribution in [1.29, 1.82) is 0 Å². The van der Waals surface area contributed by atoms with Crippen molar-refractivity contribution in [3.05, 3.63) is 0 Å². The molecule has 1 aliphatic heterocycles. The molecule has 0 spiro atoms. The molecule has 1 rings (SSSR count). The molecule has 1 heterocycles. The second-order valence-electron chi connectivity index (χ2n) is 3.89. The van der Waals surface area contributed by atoms with Crippen LogP contribution >= 0.6 is 11.8 Å². The first-order valence-corrected chi connectivity index (χ1v) is 6.13. The zero-order valence-electron chi connectivity index (χ0n) is 9.25. The van der Waals surface area contributed by atoms with E-state index >= 15 is 0 Å². The molecule has 0 amide bonds. The molecule has 0 aromatic carbocycles. The Kier molecular flexibility index (Phi) is 5.33. The van der Waals surface area contributed by atoms with Crippen molar-refractivity contribution in [3.8, 4) is 0 Å². The number of nitrogens with zero attached hydrogens (tertiary/aromatic N) is 1. The Labute approximate surface area is 90.7 Å². The first kappa shape index (κ1) is 11.9. The van der Waals surface area contributed by atoms with E-state index in [4.69, 9.17) is 4.74 Å². The number of methoxy groups -OCH3 is 1. The van der Waals surface area contributed by atoms with Gasteiger partial charge in [-0.3, -0.25) is 4.99 Å². The van der Waals surface area contributed by atoms with Crippen molar-refractivity contribution in [2.75, 3.05) is 26.0 Å². The lowest BCUT2D eigenvalue weighted by Crippen LogP contribution is -2.35. The molecule has 1 saturated heterocycles. The number of rotatable bonds is 4. The van der Waals surface area contributed by atoms with Gasteiger partial charge in [0.2, 0.25) is 0 Å². The molecule has 0 aromatic heterocycles. The van der Waals surface area contributed by atoms with Crippen LogP contribution in [0.5, 0.6) is 0 Å². The van der Waals surface area contributed by atoms with Gasteiger partial charge in [-0.2, -0.15) is 0 Å². The molecule has 1 N–H and O–H groups in total. The second kappa shape index (κ2) is 6.30. The number of amidine groups is 1. The topological polar surface area (TPSA) is 33.6 Å². The molecular formula is C10H20N2OS. The van der Waals surface area contributed by atoms with Crippen molar-refractivity contribution < 1.29 is 4.74 Å². The predicted octanol–water partition coefficient (Wildman–Crippen LogP) is 1.74. The van der Waals surface area contributed by atoms with Crippen molar-refractivity contribution in [3.63, 3.8) is 0 Å². The van der Waals surface area contributed by atoms with Gasteiger partial charge in [0.05, 0.1) is 6.61 Å². The third-order valence-corrected chi connectivity index (χ3v) is 3.12.